The molecule has 0 unspecified atom stereocenters. The first-order valence-corrected chi connectivity index (χ1v) is 8.35. The number of benzene rings is 2. The van der Waals surface area contributed by atoms with Crippen LogP contribution in [0.5, 0.6) is 5.75 Å². The van der Waals surface area contributed by atoms with Gasteiger partial charge >= 0.3 is 0 Å². The van der Waals surface area contributed by atoms with Gasteiger partial charge in [0.1, 0.15) is 5.75 Å². The molecule has 0 bridgehead atoms. The van der Waals surface area contributed by atoms with E-state index in [2.05, 4.69) is 21.6 Å². The van der Waals surface area contributed by atoms with Crippen molar-refractivity contribution in [2.75, 3.05) is 19.6 Å². The Morgan fingerprint density at radius 3 is 2.79 bits per heavy atom. The normalized spacial score (nSPS) is 11.7. The van der Waals surface area contributed by atoms with Crippen molar-refractivity contribution in [1.82, 2.24) is 4.98 Å². The Hall–Kier alpha value is -2.44. The molecule has 1 heterocycles. The summed E-state index contributed by atoms with van der Waals surface area (Å²) < 4.78 is 11.7. The van der Waals surface area contributed by atoms with E-state index >= 15 is 0 Å². The van der Waals surface area contributed by atoms with E-state index in [0.29, 0.717) is 6.61 Å². The molecule has 0 radical (unpaired) electrons. The zero-order valence-corrected chi connectivity index (χ0v) is 14.7. The third kappa shape index (κ3) is 3.55. The van der Waals surface area contributed by atoms with Crippen LogP contribution < -0.4 is 10.2 Å². The Kier molecular flexibility index (Phi) is 5.08. The third-order valence-corrected chi connectivity index (χ3v) is 4.55. The minimum absolute atomic E-state index is 0.496. The van der Waals surface area contributed by atoms with Crippen LogP contribution in [-0.2, 0) is 11.3 Å². The zero-order valence-electron chi connectivity index (χ0n) is 13.9. The van der Waals surface area contributed by atoms with Crippen molar-refractivity contribution in [3.63, 3.8) is 0 Å². The van der Waals surface area contributed by atoms with E-state index in [9.17, 15) is 0 Å². The Bertz CT molecular complexity index is 841. The molecule has 5 nitrogen and oxygen atoms in total. The molecule has 0 aliphatic rings. The molecule has 0 aliphatic carbocycles. The van der Waals surface area contributed by atoms with Crippen molar-refractivity contribution < 1.29 is 9.47 Å². The van der Waals surface area contributed by atoms with Gasteiger partial charge in [-0.2, -0.15) is 5.10 Å². The summed E-state index contributed by atoms with van der Waals surface area (Å²) in [6.45, 7) is 2.45. The Labute approximate surface area is 144 Å². The van der Waals surface area contributed by atoms with Gasteiger partial charge in [-0.25, -0.2) is 4.98 Å². The van der Waals surface area contributed by atoms with Crippen molar-refractivity contribution in [1.29, 1.82) is 0 Å². The Balaban J connectivity index is 1.81. The molecule has 3 rings (SSSR count). The van der Waals surface area contributed by atoms with Crippen molar-refractivity contribution in [2.45, 2.75) is 13.5 Å². The lowest BCUT2D eigenvalue weighted by Crippen LogP contribution is -2.02. The van der Waals surface area contributed by atoms with Crippen LogP contribution in [0.3, 0.4) is 0 Å². The van der Waals surface area contributed by atoms with Crippen LogP contribution in [0.2, 0.25) is 0 Å². The predicted octanol–water partition coefficient (Wildman–Crippen LogP) is 4.29. The molecule has 24 heavy (non-hydrogen) atoms. The molecule has 1 aromatic heterocycles. The van der Waals surface area contributed by atoms with Crippen LogP contribution in [0.1, 0.15) is 18.1 Å². The van der Waals surface area contributed by atoms with E-state index in [4.69, 9.17) is 9.47 Å². The molecule has 124 valence electrons. The van der Waals surface area contributed by atoms with Gasteiger partial charge in [-0.05, 0) is 42.8 Å². The highest BCUT2D eigenvalue weighted by Gasteiger charge is 2.07. The predicted molar refractivity (Wildman–Crippen MR) is 99.2 cm³/mol. The number of para-hydroxylation sites is 1. The van der Waals surface area contributed by atoms with Crippen LogP contribution in [0.15, 0.2) is 47.6 Å². The summed E-state index contributed by atoms with van der Waals surface area (Å²) in [6, 6.07) is 14.0. The van der Waals surface area contributed by atoms with Gasteiger partial charge in [0.25, 0.3) is 0 Å². The molecule has 0 saturated carbocycles. The fraction of sp³-hybridized carbons (Fsp3) is 0.222. The van der Waals surface area contributed by atoms with Gasteiger partial charge in [0.05, 0.1) is 29.6 Å². The first kappa shape index (κ1) is 16.4. The Morgan fingerprint density at radius 1 is 1.21 bits per heavy atom. The van der Waals surface area contributed by atoms with Gasteiger partial charge in [0.15, 0.2) is 0 Å². The van der Waals surface area contributed by atoms with Gasteiger partial charge in [0, 0.05) is 12.7 Å². The third-order valence-electron chi connectivity index (χ3n) is 3.61. The molecule has 0 aliphatic heterocycles. The number of aromatic nitrogens is 1. The smallest absolute Gasteiger partial charge is 0.204 e. The number of thiazole rings is 1. The van der Waals surface area contributed by atoms with E-state index in [1.165, 1.54) is 0 Å². The highest BCUT2D eigenvalue weighted by atomic mass is 32.1. The van der Waals surface area contributed by atoms with Gasteiger partial charge in [0.2, 0.25) is 5.13 Å². The van der Waals surface area contributed by atoms with Gasteiger partial charge in [-0.3, -0.25) is 5.43 Å². The second kappa shape index (κ2) is 7.42. The number of nitrogens with one attached hydrogen (secondary N) is 1. The molecule has 0 amide bonds. The number of hydrogen-bond acceptors (Lipinski definition) is 6. The summed E-state index contributed by atoms with van der Waals surface area (Å²) >= 11 is 1.58. The van der Waals surface area contributed by atoms with Crippen LogP contribution >= 0.6 is 11.3 Å². The zero-order chi connectivity index (χ0) is 16.9. The minimum Gasteiger partial charge on any atom is -0.496 e. The van der Waals surface area contributed by atoms with E-state index in [0.717, 1.165) is 37.9 Å². The summed E-state index contributed by atoms with van der Waals surface area (Å²) in [5, 5.41) is 5.23. The number of nitrogens with zero attached hydrogens (tertiary/aromatic N) is 2. The molecular weight excluding hydrogens is 322 g/mol. The maximum absolute atomic E-state index is 5.35. The van der Waals surface area contributed by atoms with Gasteiger partial charge in [-0.1, -0.05) is 23.5 Å². The summed E-state index contributed by atoms with van der Waals surface area (Å²) in [5.74, 6) is 0.813. The number of fused-ring (bicyclic) bond motifs is 1. The van der Waals surface area contributed by atoms with Crippen molar-refractivity contribution in [2.24, 2.45) is 5.10 Å². The highest BCUT2D eigenvalue weighted by molar-refractivity contribution is 7.22. The van der Waals surface area contributed by atoms with Crippen LogP contribution in [-0.4, -0.2) is 24.9 Å². The highest BCUT2D eigenvalue weighted by Crippen LogP contribution is 2.25. The number of methoxy groups -OCH3 is 2. The molecule has 6 heteroatoms. The molecule has 3 aromatic rings. The maximum Gasteiger partial charge on any atom is 0.204 e. The fourth-order valence-corrected chi connectivity index (χ4v) is 3.20. The lowest BCUT2D eigenvalue weighted by Gasteiger charge is -2.10. The van der Waals surface area contributed by atoms with Crippen molar-refractivity contribution in [3.05, 3.63) is 53.6 Å². The lowest BCUT2D eigenvalue weighted by atomic mass is 10.1. The molecule has 0 atom stereocenters. The number of hydrazone groups is 1. The van der Waals surface area contributed by atoms with E-state index < -0.39 is 0 Å². The molecule has 2 aromatic carbocycles. The first-order chi connectivity index (χ1) is 11.7. The Morgan fingerprint density at radius 2 is 2.04 bits per heavy atom. The monoisotopic (exact) mass is 341 g/mol. The quantitative estimate of drug-likeness (QED) is 0.537. The fourth-order valence-electron chi connectivity index (χ4n) is 2.39. The number of hydrogen-bond donors (Lipinski definition) is 1. The number of ether oxygens (including phenoxy) is 2. The molecule has 1 N–H and O–H groups in total. The first-order valence-electron chi connectivity index (χ1n) is 7.53. The number of rotatable bonds is 6. The second-order valence-electron chi connectivity index (χ2n) is 5.26. The SMILES string of the molecule is COCc1cc(/C(C)=N\Nc2nc3ccccc3s2)ccc1OC. The average Bonchev–Trinajstić information content (AvgIpc) is 3.03. The van der Waals surface area contributed by atoms with Gasteiger partial charge < -0.3 is 9.47 Å². The second-order valence-corrected chi connectivity index (χ2v) is 6.29. The molecule has 0 fully saturated rings. The molecule has 0 spiro atoms. The van der Waals surface area contributed by atoms with E-state index in [-0.39, 0.29) is 0 Å². The van der Waals surface area contributed by atoms with Gasteiger partial charge in [-0.15, -0.1) is 0 Å². The maximum atomic E-state index is 5.35. The molecule has 0 saturated heterocycles. The summed E-state index contributed by atoms with van der Waals surface area (Å²) in [7, 11) is 3.32. The lowest BCUT2D eigenvalue weighted by molar-refractivity contribution is 0.181. The standard InChI is InChI=1S/C18H19N3O2S/c1-12(13-8-9-16(23-3)14(10-13)11-22-2)20-21-18-19-15-6-4-5-7-17(15)24-18/h4-10H,11H2,1-3H3,(H,19,21)/b20-12-. The average molecular weight is 341 g/mol. The summed E-state index contributed by atoms with van der Waals surface area (Å²) in [4.78, 5) is 4.51. The van der Waals surface area contributed by atoms with Crippen molar-refractivity contribution >= 4 is 32.4 Å². The topological polar surface area (TPSA) is 55.7 Å². The van der Waals surface area contributed by atoms with Crippen LogP contribution in [0, 0.1) is 0 Å². The number of anilines is 1. The summed E-state index contributed by atoms with van der Waals surface area (Å²) in [5.41, 5.74) is 6.89. The van der Waals surface area contributed by atoms with E-state index in [1.807, 2.05) is 43.3 Å². The largest absolute Gasteiger partial charge is 0.496 e. The molecular formula is C18H19N3O2S. The van der Waals surface area contributed by atoms with Crippen molar-refractivity contribution in [3.8, 4) is 5.75 Å². The van der Waals surface area contributed by atoms with Crippen LogP contribution in [0.25, 0.3) is 10.2 Å². The van der Waals surface area contributed by atoms with Crippen LogP contribution in [0.4, 0.5) is 5.13 Å². The minimum atomic E-state index is 0.496. The van der Waals surface area contributed by atoms with E-state index in [1.54, 1.807) is 25.6 Å². The summed E-state index contributed by atoms with van der Waals surface area (Å²) in [6.07, 6.45) is 0.